The van der Waals surface area contributed by atoms with Gasteiger partial charge < -0.3 is 4.90 Å². The molecule has 3 aromatic carbocycles. The number of thioether (sulfide) groups is 1. The molecule has 0 spiro atoms. The van der Waals surface area contributed by atoms with Gasteiger partial charge in [0.2, 0.25) is 0 Å². The van der Waals surface area contributed by atoms with Crippen molar-refractivity contribution in [3.05, 3.63) is 113 Å². The van der Waals surface area contributed by atoms with Gasteiger partial charge in [0.1, 0.15) is 10.6 Å². The topological polar surface area (TPSA) is 52.7 Å². The van der Waals surface area contributed by atoms with E-state index in [0.717, 1.165) is 16.9 Å². The molecule has 5 rings (SSSR count). The van der Waals surface area contributed by atoms with E-state index in [1.807, 2.05) is 89.2 Å². The standard InChI is InChI=1S/C24H17N3O2S/c28-22-21(23(29)27(25-22)19-14-8-3-9-15-19)24-26(18-12-6-2-7-13-18)20(16-30-24)17-10-4-1-5-11-17/h1-16H,(H,25,28)/b24-21+. The van der Waals surface area contributed by atoms with E-state index in [1.54, 1.807) is 12.1 Å². The summed E-state index contributed by atoms with van der Waals surface area (Å²) < 4.78 is 0. The van der Waals surface area contributed by atoms with Crippen LogP contribution in [0.2, 0.25) is 0 Å². The summed E-state index contributed by atoms with van der Waals surface area (Å²) in [5, 5.41) is 3.88. The number of nitrogens with zero attached hydrogens (tertiary/aromatic N) is 2. The van der Waals surface area contributed by atoms with Crippen LogP contribution >= 0.6 is 11.8 Å². The zero-order valence-electron chi connectivity index (χ0n) is 15.9. The number of hydrazine groups is 1. The third-order valence-electron chi connectivity index (χ3n) is 4.90. The van der Waals surface area contributed by atoms with Crippen molar-refractivity contribution in [3.63, 3.8) is 0 Å². The van der Waals surface area contributed by atoms with Crippen molar-refractivity contribution >= 4 is 40.6 Å². The number of amides is 2. The van der Waals surface area contributed by atoms with Crippen molar-refractivity contribution in [1.82, 2.24) is 5.43 Å². The lowest BCUT2D eigenvalue weighted by Crippen LogP contribution is -2.35. The first-order valence-electron chi connectivity index (χ1n) is 9.46. The Morgan fingerprint density at radius 2 is 1.27 bits per heavy atom. The molecule has 0 saturated carbocycles. The van der Waals surface area contributed by atoms with Gasteiger partial charge in [0.15, 0.2) is 0 Å². The van der Waals surface area contributed by atoms with Crippen LogP contribution < -0.4 is 15.3 Å². The lowest BCUT2D eigenvalue weighted by Gasteiger charge is -2.24. The minimum absolute atomic E-state index is 0.134. The highest BCUT2D eigenvalue weighted by molar-refractivity contribution is 8.06. The number of carbonyl (C=O) groups is 2. The van der Waals surface area contributed by atoms with Crippen molar-refractivity contribution in [1.29, 1.82) is 0 Å². The molecule has 30 heavy (non-hydrogen) atoms. The van der Waals surface area contributed by atoms with E-state index >= 15 is 0 Å². The molecule has 2 aliphatic heterocycles. The minimum atomic E-state index is -0.407. The third kappa shape index (κ3) is 3.07. The molecule has 3 aromatic rings. The van der Waals surface area contributed by atoms with Gasteiger partial charge in [-0.25, -0.2) is 5.01 Å². The normalized spacial score (nSPS) is 18.6. The lowest BCUT2D eigenvalue weighted by molar-refractivity contribution is -0.117. The SMILES string of the molecule is O=C1NN(c2ccccc2)C(=O)/C1=C1/SC=C(c2ccccc2)N1c1ccccc1. The number of benzene rings is 3. The van der Waals surface area contributed by atoms with Crippen molar-refractivity contribution in [3.8, 4) is 0 Å². The largest absolute Gasteiger partial charge is 0.303 e. The Kier molecular flexibility index (Phi) is 4.61. The van der Waals surface area contributed by atoms with Gasteiger partial charge in [-0.05, 0) is 29.8 Å². The molecule has 1 fully saturated rings. The number of hydrogen-bond donors (Lipinski definition) is 1. The highest BCUT2D eigenvalue weighted by atomic mass is 32.2. The Morgan fingerprint density at radius 1 is 0.700 bits per heavy atom. The Bertz CT molecular complexity index is 1170. The summed E-state index contributed by atoms with van der Waals surface area (Å²) in [5.41, 5.74) is 6.28. The van der Waals surface area contributed by atoms with E-state index in [1.165, 1.54) is 16.8 Å². The molecule has 146 valence electrons. The second kappa shape index (κ2) is 7.57. The van der Waals surface area contributed by atoms with Gasteiger partial charge in [0.25, 0.3) is 11.8 Å². The van der Waals surface area contributed by atoms with Crippen LogP contribution in [0, 0.1) is 0 Å². The molecule has 0 unspecified atom stereocenters. The maximum Gasteiger partial charge on any atom is 0.285 e. The van der Waals surface area contributed by atoms with Crippen LogP contribution in [0.4, 0.5) is 11.4 Å². The Labute approximate surface area is 178 Å². The Hall–Kier alpha value is -3.77. The number of carbonyl (C=O) groups excluding carboxylic acids is 2. The lowest BCUT2D eigenvalue weighted by atomic mass is 10.1. The molecule has 6 heteroatoms. The smallest absolute Gasteiger partial charge is 0.285 e. The van der Waals surface area contributed by atoms with Crippen molar-refractivity contribution in [2.45, 2.75) is 0 Å². The molecule has 1 N–H and O–H groups in total. The second-order valence-electron chi connectivity index (χ2n) is 6.76. The van der Waals surface area contributed by atoms with Crippen LogP contribution in [0.25, 0.3) is 5.70 Å². The zero-order valence-corrected chi connectivity index (χ0v) is 16.7. The van der Waals surface area contributed by atoms with Crippen molar-refractivity contribution in [2.24, 2.45) is 0 Å². The highest BCUT2D eigenvalue weighted by Gasteiger charge is 2.41. The summed E-state index contributed by atoms with van der Waals surface area (Å²) >= 11 is 1.39. The van der Waals surface area contributed by atoms with E-state index in [2.05, 4.69) is 5.43 Å². The molecule has 0 radical (unpaired) electrons. The van der Waals surface area contributed by atoms with Crippen LogP contribution in [-0.2, 0) is 9.59 Å². The Morgan fingerprint density at radius 3 is 1.90 bits per heavy atom. The van der Waals surface area contributed by atoms with Crippen molar-refractivity contribution < 1.29 is 9.59 Å². The molecule has 2 heterocycles. The first kappa shape index (κ1) is 18.3. The van der Waals surface area contributed by atoms with E-state index in [9.17, 15) is 9.59 Å². The fourth-order valence-electron chi connectivity index (χ4n) is 3.50. The second-order valence-corrected chi connectivity index (χ2v) is 7.61. The predicted molar refractivity (Wildman–Crippen MR) is 120 cm³/mol. The summed E-state index contributed by atoms with van der Waals surface area (Å²) in [7, 11) is 0. The molecule has 1 saturated heterocycles. The number of nitrogens with one attached hydrogen (secondary N) is 1. The maximum absolute atomic E-state index is 13.2. The molecule has 0 atom stereocenters. The maximum atomic E-state index is 13.2. The monoisotopic (exact) mass is 411 g/mol. The van der Waals surface area contributed by atoms with E-state index in [0.29, 0.717) is 10.7 Å². The number of rotatable bonds is 3. The fraction of sp³-hybridized carbons (Fsp3) is 0. The van der Waals surface area contributed by atoms with Gasteiger partial charge in [-0.1, -0.05) is 78.5 Å². The van der Waals surface area contributed by atoms with Gasteiger partial charge in [-0.2, -0.15) is 0 Å². The first-order valence-corrected chi connectivity index (χ1v) is 10.3. The van der Waals surface area contributed by atoms with Crippen molar-refractivity contribution in [2.75, 3.05) is 9.91 Å². The van der Waals surface area contributed by atoms with Crippen LogP contribution in [0.15, 0.2) is 107 Å². The average molecular weight is 411 g/mol. The average Bonchev–Trinajstić information content (AvgIpc) is 3.36. The highest BCUT2D eigenvalue weighted by Crippen LogP contribution is 2.45. The molecule has 5 nitrogen and oxygen atoms in total. The number of anilines is 2. The van der Waals surface area contributed by atoms with Crippen LogP contribution in [0.3, 0.4) is 0 Å². The van der Waals surface area contributed by atoms with Crippen LogP contribution in [-0.4, -0.2) is 11.8 Å². The summed E-state index contributed by atoms with van der Waals surface area (Å²) in [6.45, 7) is 0. The first-order chi connectivity index (χ1) is 14.7. The van der Waals surface area contributed by atoms with Crippen LogP contribution in [0.1, 0.15) is 5.56 Å². The summed E-state index contributed by atoms with van der Waals surface area (Å²) in [4.78, 5) is 28.1. The third-order valence-corrected chi connectivity index (χ3v) is 5.85. The molecule has 0 bridgehead atoms. The fourth-order valence-corrected chi connectivity index (χ4v) is 4.57. The quantitative estimate of drug-likeness (QED) is 0.508. The summed E-state index contributed by atoms with van der Waals surface area (Å²) in [5.74, 6) is -0.771. The zero-order chi connectivity index (χ0) is 20.5. The molecule has 0 aromatic heterocycles. The molecule has 0 aliphatic carbocycles. The van der Waals surface area contributed by atoms with E-state index in [-0.39, 0.29) is 11.5 Å². The molecule has 2 aliphatic rings. The molecular weight excluding hydrogens is 394 g/mol. The van der Waals surface area contributed by atoms with Crippen LogP contribution in [0.5, 0.6) is 0 Å². The van der Waals surface area contributed by atoms with E-state index in [4.69, 9.17) is 0 Å². The van der Waals surface area contributed by atoms with Gasteiger partial charge in [-0.15, -0.1) is 0 Å². The number of para-hydroxylation sites is 2. The minimum Gasteiger partial charge on any atom is -0.303 e. The van der Waals surface area contributed by atoms with E-state index < -0.39 is 5.91 Å². The van der Waals surface area contributed by atoms with Gasteiger partial charge >= 0.3 is 0 Å². The summed E-state index contributed by atoms with van der Waals surface area (Å²) in [6, 6.07) is 28.8. The van der Waals surface area contributed by atoms with Gasteiger partial charge in [0.05, 0.1) is 11.4 Å². The molecular formula is C24H17N3O2S. The van der Waals surface area contributed by atoms with Gasteiger partial charge in [-0.3, -0.25) is 15.0 Å². The molecule has 2 amide bonds. The Balaban J connectivity index is 1.62. The summed E-state index contributed by atoms with van der Waals surface area (Å²) in [6.07, 6.45) is 0. The van der Waals surface area contributed by atoms with Gasteiger partial charge in [0, 0.05) is 11.1 Å². The number of hydrogen-bond acceptors (Lipinski definition) is 4. The predicted octanol–water partition coefficient (Wildman–Crippen LogP) is 4.53.